The number of hydrogen-bond acceptors (Lipinski definition) is 3. The maximum atomic E-state index is 12.5. The Morgan fingerprint density at radius 1 is 1.25 bits per heavy atom. The molecule has 106 valence electrons. The summed E-state index contributed by atoms with van der Waals surface area (Å²) in [5, 5.41) is 4.48. The van der Waals surface area contributed by atoms with Crippen LogP contribution >= 0.6 is 0 Å². The number of pyridine rings is 1. The molecule has 20 heavy (non-hydrogen) atoms. The monoisotopic (exact) mass is 271 g/mol. The fourth-order valence-corrected chi connectivity index (χ4v) is 2.33. The van der Waals surface area contributed by atoms with Gasteiger partial charge in [0, 0.05) is 18.4 Å². The van der Waals surface area contributed by atoms with Crippen molar-refractivity contribution in [1.29, 1.82) is 0 Å². The van der Waals surface area contributed by atoms with Crippen LogP contribution in [0.1, 0.15) is 48.2 Å². The Bertz CT molecular complexity index is 602. The summed E-state index contributed by atoms with van der Waals surface area (Å²) in [6.45, 7) is 6.94. The number of aromatic nitrogens is 3. The molecule has 2 heterocycles. The molecule has 0 fully saturated rings. The van der Waals surface area contributed by atoms with Crippen LogP contribution in [0.2, 0.25) is 0 Å². The van der Waals surface area contributed by atoms with Gasteiger partial charge >= 0.3 is 0 Å². The highest BCUT2D eigenvalue weighted by Crippen LogP contribution is 2.12. The van der Waals surface area contributed by atoms with E-state index in [0.29, 0.717) is 12.1 Å². The van der Waals surface area contributed by atoms with Gasteiger partial charge in [-0.1, -0.05) is 19.9 Å². The molecular weight excluding hydrogens is 250 g/mol. The summed E-state index contributed by atoms with van der Waals surface area (Å²) in [6.07, 6.45) is 3.76. The molecule has 0 aliphatic rings. The van der Waals surface area contributed by atoms with Crippen molar-refractivity contribution in [2.75, 3.05) is 0 Å². The fraction of sp³-hybridized carbons (Fsp3) is 0.438. The highest BCUT2D eigenvalue weighted by molar-refractivity contribution is 5.96. The average Bonchev–Trinajstić information content (AvgIpc) is 2.89. The van der Waals surface area contributed by atoms with Crippen molar-refractivity contribution in [3.63, 3.8) is 0 Å². The van der Waals surface area contributed by atoms with Gasteiger partial charge in [0.25, 0.3) is 0 Å². The molecule has 2 aromatic heterocycles. The number of carbonyl (C=O) groups is 1. The number of Topliss-reactive ketones (excluding diaryl/α,β-unsaturated/α-hetero) is 1. The first-order valence-electron chi connectivity index (χ1n) is 7.22. The smallest absolute Gasteiger partial charge is 0.187 e. The molecule has 4 heteroatoms. The highest BCUT2D eigenvalue weighted by atomic mass is 16.1. The Morgan fingerprint density at radius 3 is 2.70 bits per heavy atom. The van der Waals surface area contributed by atoms with E-state index in [2.05, 4.69) is 17.0 Å². The molecular formula is C16H21N3O. The van der Waals surface area contributed by atoms with Gasteiger partial charge in [0.05, 0.1) is 12.1 Å². The van der Waals surface area contributed by atoms with Gasteiger partial charge in [-0.3, -0.25) is 14.5 Å². The Balaban J connectivity index is 2.25. The van der Waals surface area contributed by atoms with Crippen LogP contribution in [0.4, 0.5) is 0 Å². The van der Waals surface area contributed by atoms with Gasteiger partial charge in [-0.15, -0.1) is 0 Å². The van der Waals surface area contributed by atoms with Gasteiger partial charge in [0.15, 0.2) is 5.78 Å². The molecule has 4 nitrogen and oxygen atoms in total. The quantitative estimate of drug-likeness (QED) is 0.759. The van der Waals surface area contributed by atoms with Crippen molar-refractivity contribution in [2.24, 2.45) is 0 Å². The van der Waals surface area contributed by atoms with E-state index in [-0.39, 0.29) is 5.78 Å². The third-order valence-electron chi connectivity index (χ3n) is 3.45. The standard InChI is InChI=1S/C16H21N3O/c1-4-12-8-7-9-17-16(12)15(20)11-14-10-13(5-2)18-19(14)6-3/h7-10H,4-6,11H2,1-3H3. The summed E-state index contributed by atoms with van der Waals surface area (Å²) in [5.74, 6) is 0.0692. The summed E-state index contributed by atoms with van der Waals surface area (Å²) < 4.78 is 1.91. The number of nitrogens with zero attached hydrogens (tertiary/aromatic N) is 3. The molecule has 0 bridgehead atoms. The van der Waals surface area contributed by atoms with E-state index < -0.39 is 0 Å². The summed E-state index contributed by atoms with van der Waals surface area (Å²) in [7, 11) is 0. The van der Waals surface area contributed by atoms with Crippen molar-refractivity contribution < 1.29 is 4.79 Å². The number of carbonyl (C=O) groups excluding carboxylic acids is 1. The zero-order chi connectivity index (χ0) is 14.5. The largest absolute Gasteiger partial charge is 0.292 e. The highest BCUT2D eigenvalue weighted by Gasteiger charge is 2.15. The molecule has 0 radical (unpaired) electrons. The van der Waals surface area contributed by atoms with Crippen LogP contribution in [-0.4, -0.2) is 20.5 Å². The minimum absolute atomic E-state index is 0.0692. The van der Waals surface area contributed by atoms with Gasteiger partial charge in [-0.2, -0.15) is 5.10 Å². The molecule has 0 aliphatic carbocycles. The third-order valence-corrected chi connectivity index (χ3v) is 3.45. The van der Waals surface area contributed by atoms with Crippen LogP contribution in [0, 0.1) is 0 Å². The second-order valence-corrected chi connectivity index (χ2v) is 4.76. The summed E-state index contributed by atoms with van der Waals surface area (Å²) >= 11 is 0. The number of ketones is 1. The van der Waals surface area contributed by atoms with Gasteiger partial charge in [0.1, 0.15) is 5.69 Å². The number of hydrogen-bond donors (Lipinski definition) is 0. The first-order valence-corrected chi connectivity index (χ1v) is 7.22. The molecule has 0 aromatic carbocycles. The molecule has 0 saturated carbocycles. The number of rotatable bonds is 6. The number of aryl methyl sites for hydroxylation is 3. The fourth-order valence-electron chi connectivity index (χ4n) is 2.33. The summed E-state index contributed by atoms with van der Waals surface area (Å²) in [6, 6.07) is 5.87. The topological polar surface area (TPSA) is 47.8 Å². The van der Waals surface area contributed by atoms with E-state index in [4.69, 9.17) is 0 Å². The normalized spacial score (nSPS) is 10.8. The zero-order valence-corrected chi connectivity index (χ0v) is 12.4. The molecule has 0 N–H and O–H groups in total. The second kappa shape index (κ2) is 6.46. The second-order valence-electron chi connectivity index (χ2n) is 4.76. The first kappa shape index (κ1) is 14.4. The molecule has 2 aromatic rings. The predicted molar refractivity (Wildman–Crippen MR) is 78.9 cm³/mol. The van der Waals surface area contributed by atoms with Crippen molar-refractivity contribution >= 4 is 5.78 Å². The Kier molecular flexibility index (Phi) is 4.66. The van der Waals surface area contributed by atoms with Crippen LogP contribution in [0.25, 0.3) is 0 Å². The first-order chi connectivity index (χ1) is 9.69. The van der Waals surface area contributed by atoms with E-state index in [1.54, 1.807) is 6.20 Å². The average molecular weight is 271 g/mol. The predicted octanol–water partition coefficient (Wildman–Crippen LogP) is 2.85. The van der Waals surface area contributed by atoms with Crippen molar-refractivity contribution in [1.82, 2.24) is 14.8 Å². The SMILES string of the molecule is CCc1cc(CC(=O)c2ncccc2CC)n(CC)n1. The third kappa shape index (κ3) is 2.95. The van der Waals surface area contributed by atoms with Gasteiger partial charge in [-0.05, 0) is 37.5 Å². The molecule has 0 aliphatic heterocycles. The Hall–Kier alpha value is -1.97. The summed E-state index contributed by atoms with van der Waals surface area (Å²) in [5.41, 5.74) is 3.61. The lowest BCUT2D eigenvalue weighted by atomic mass is 10.0. The lowest BCUT2D eigenvalue weighted by Gasteiger charge is -2.06. The van der Waals surface area contributed by atoms with Gasteiger partial charge in [0.2, 0.25) is 0 Å². The molecule has 0 saturated heterocycles. The van der Waals surface area contributed by atoms with Gasteiger partial charge < -0.3 is 0 Å². The maximum Gasteiger partial charge on any atom is 0.187 e. The zero-order valence-electron chi connectivity index (χ0n) is 12.4. The van der Waals surface area contributed by atoms with Crippen LogP contribution in [0.3, 0.4) is 0 Å². The van der Waals surface area contributed by atoms with E-state index in [1.807, 2.05) is 36.7 Å². The van der Waals surface area contributed by atoms with E-state index >= 15 is 0 Å². The molecule has 0 spiro atoms. The van der Waals surface area contributed by atoms with Crippen molar-refractivity contribution in [3.05, 3.63) is 47.0 Å². The van der Waals surface area contributed by atoms with Crippen LogP contribution < -0.4 is 0 Å². The van der Waals surface area contributed by atoms with Crippen LogP contribution in [0.15, 0.2) is 24.4 Å². The summed E-state index contributed by atoms with van der Waals surface area (Å²) in [4.78, 5) is 16.7. The minimum Gasteiger partial charge on any atom is -0.292 e. The van der Waals surface area contributed by atoms with E-state index in [0.717, 1.165) is 36.3 Å². The molecule has 2 rings (SSSR count). The van der Waals surface area contributed by atoms with Crippen molar-refractivity contribution in [2.45, 2.75) is 46.6 Å². The lowest BCUT2D eigenvalue weighted by Crippen LogP contribution is -2.12. The lowest BCUT2D eigenvalue weighted by molar-refractivity contribution is 0.0985. The Labute approximate surface area is 119 Å². The minimum atomic E-state index is 0.0692. The molecule has 0 atom stereocenters. The van der Waals surface area contributed by atoms with E-state index in [1.165, 1.54) is 0 Å². The van der Waals surface area contributed by atoms with Gasteiger partial charge in [-0.25, -0.2) is 0 Å². The van der Waals surface area contributed by atoms with Crippen molar-refractivity contribution in [3.8, 4) is 0 Å². The molecule has 0 amide bonds. The van der Waals surface area contributed by atoms with Crippen LogP contribution in [0.5, 0.6) is 0 Å². The van der Waals surface area contributed by atoms with Crippen LogP contribution in [-0.2, 0) is 25.8 Å². The van der Waals surface area contributed by atoms with E-state index in [9.17, 15) is 4.79 Å². The molecule has 0 unspecified atom stereocenters. The maximum absolute atomic E-state index is 12.5. The Morgan fingerprint density at radius 2 is 2.05 bits per heavy atom.